The molecule has 0 spiro atoms. The van der Waals surface area contributed by atoms with Crippen LogP contribution in [-0.2, 0) is 19.5 Å². The van der Waals surface area contributed by atoms with Crippen molar-refractivity contribution in [3.05, 3.63) is 53.3 Å². The molecule has 2 atom stereocenters. The molecule has 2 aliphatic heterocycles. The van der Waals surface area contributed by atoms with E-state index >= 15 is 0 Å². The molecule has 9 heteroatoms. The summed E-state index contributed by atoms with van der Waals surface area (Å²) in [6, 6.07) is 8.16. The molecule has 0 bridgehead atoms. The minimum atomic E-state index is -4.27. The Hall–Kier alpha value is -2.65. The number of esters is 1. The van der Waals surface area contributed by atoms with Crippen molar-refractivity contribution in [3.63, 3.8) is 0 Å². The van der Waals surface area contributed by atoms with Crippen LogP contribution in [0.25, 0.3) is 0 Å². The SMILES string of the molecule is COC(=O)c1c(NS(=O)(=O)c2ccccc2F)ccc2c1OCC1OCCC21. The Kier molecular flexibility index (Phi) is 4.72. The highest BCUT2D eigenvalue weighted by Gasteiger charge is 2.39. The van der Waals surface area contributed by atoms with Gasteiger partial charge in [-0.25, -0.2) is 17.6 Å². The maximum Gasteiger partial charge on any atom is 0.343 e. The van der Waals surface area contributed by atoms with Crippen LogP contribution in [-0.4, -0.2) is 40.8 Å². The quantitative estimate of drug-likeness (QED) is 0.784. The lowest BCUT2D eigenvalue weighted by Crippen LogP contribution is -2.30. The fourth-order valence-electron chi connectivity index (χ4n) is 3.63. The van der Waals surface area contributed by atoms with E-state index in [-0.39, 0.29) is 35.6 Å². The second-order valence-corrected chi connectivity index (χ2v) is 8.20. The number of hydrogen-bond acceptors (Lipinski definition) is 6. The summed E-state index contributed by atoms with van der Waals surface area (Å²) < 4.78 is 57.8. The Balaban J connectivity index is 1.80. The summed E-state index contributed by atoms with van der Waals surface area (Å²) in [7, 11) is -3.07. The first-order valence-electron chi connectivity index (χ1n) is 8.69. The molecule has 2 aromatic carbocycles. The van der Waals surface area contributed by atoms with Gasteiger partial charge >= 0.3 is 5.97 Å². The maximum atomic E-state index is 14.0. The Labute approximate surface area is 161 Å². The van der Waals surface area contributed by atoms with Gasteiger partial charge in [-0.2, -0.15) is 0 Å². The van der Waals surface area contributed by atoms with Crippen molar-refractivity contribution in [2.75, 3.05) is 25.0 Å². The fourth-order valence-corrected chi connectivity index (χ4v) is 4.78. The average Bonchev–Trinajstić information content (AvgIpc) is 3.16. The Morgan fingerprint density at radius 1 is 1.25 bits per heavy atom. The van der Waals surface area contributed by atoms with E-state index in [1.54, 1.807) is 6.07 Å². The topological polar surface area (TPSA) is 90.9 Å². The van der Waals surface area contributed by atoms with Gasteiger partial charge in [-0.15, -0.1) is 0 Å². The van der Waals surface area contributed by atoms with Crippen LogP contribution in [0.3, 0.4) is 0 Å². The van der Waals surface area contributed by atoms with Gasteiger partial charge in [0.2, 0.25) is 0 Å². The number of ether oxygens (including phenoxy) is 3. The zero-order chi connectivity index (χ0) is 19.9. The zero-order valence-corrected chi connectivity index (χ0v) is 15.8. The zero-order valence-electron chi connectivity index (χ0n) is 15.0. The summed E-state index contributed by atoms with van der Waals surface area (Å²) in [6.45, 7) is 0.846. The summed E-state index contributed by atoms with van der Waals surface area (Å²) in [5.41, 5.74) is 0.694. The van der Waals surface area contributed by atoms with Gasteiger partial charge < -0.3 is 14.2 Å². The van der Waals surface area contributed by atoms with Gasteiger partial charge in [-0.1, -0.05) is 18.2 Å². The van der Waals surface area contributed by atoms with Crippen LogP contribution in [0.1, 0.15) is 28.3 Å². The second-order valence-electron chi connectivity index (χ2n) is 6.55. The molecule has 1 N–H and O–H groups in total. The minimum Gasteiger partial charge on any atom is -0.490 e. The van der Waals surface area contributed by atoms with Crippen molar-refractivity contribution in [2.45, 2.75) is 23.3 Å². The first-order chi connectivity index (χ1) is 13.4. The highest BCUT2D eigenvalue weighted by atomic mass is 32.2. The van der Waals surface area contributed by atoms with Crippen LogP contribution in [0.4, 0.5) is 10.1 Å². The summed E-state index contributed by atoms with van der Waals surface area (Å²) in [6.07, 6.45) is 0.682. The van der Waals surface area contributed by atoms with Crippen molar-refractivity contribution in [1.29, 1.82) is 0 Å². The van der Waals surface area contributed by atoms with E-state index in [9.17, 15) is 17.6 Å². The van der Waals surface area contributed by atoms with Gasteiger partial charge in [0.1, 0.15) is 28.6 Å². The van der Waals surface area contributed by atoms with Crippen molar-refractivity contribution < 1.29 is 31.8 Å². The van der Waals surface area contributed by atoms with E-state index in [1.165, 1.54) is 25.3 Å². The normalized spacial score (nSPS) is 20.6. The first-order valence-corrected chi connectivity index (χ1v) is 10.2. The lowest BCUT2D eigenvalue weighted by Gasteiger charge is -2.29. The number of hydrogen-bond donors (Lipinski definition) is 1. The third-order valence-electron chi connectivity index (χ3n) is 4.95. The van der Waals surface area contributed by atoms with Gasteiger partial charge in [0.15, 0.2) is 0 Å². The molecule has 7 nitrogen and oxygen atoms in total. The monoisotopic (exact) mass is 407 g/mol. The number of benzene rings is 2. The predicted molar refractivity (Wildman–Crippen MR) is 97.6 cm³/mol. The largest absolute Gasteiger partial charge is 0.490 e. The van der Waals surface area contributed by atoms with Crippen LogP contribution < -0.4 is 9.46 Å². The van der Waals surface area contributed by atoms with E-state index in [1.807, 2.05) is 0 Å². The third kappa shape index (κ3) is 3.10. The number of fused-ring (bicyclic) bond motifs is 3. The molecule has 2 aliphatic rings. The van der Waals surface area contributed by atoms with Crippen molar-refractivity contribution in [2.24, 2.45) is 0 Å². The van der Waals surface area contributed by atoms with Gasteiger partial charge in [-0.3, -0.25) is 4.72 Å². The number of carbonyl (C=O) groups is 1. The number of anilines is 1. The summed E-state index contributed by atoms with van der Waals surface area (Å²) in [4.78, 5) is 11.9. The summed E-state index contributed by atoms with van der Waals surface area (Å²) in [5.74, 6) is -1.31. The smallest absolute Gasteiger partial charge is 0.343 e. The van der Waals surface area contributed by atoms with Crippen molar-refractivity contribution >= 4 is 21.7 Å². The average molecular weight is 407 g/mol. The standard InChI is InChI=1S/C19H18FNO6S/c1-25-19(22)17-14(21-28(23,24)16-5-3-2-4-13(16)20)7-6-12-11-8-9-26-15(11)10-27-18(12)17/h2-7,11,15,21H,8-10H2,1H3. The van der Waals surface area contributed by atoms with E-state index in [0.717, 1.165) is 24.1 Å². The van der Waals surface area contributed by atoms with Gasteiger partial charge in [-0.05, 0) is 24.6 Å². The number of rotatable bonds is 4. The molecule has 0 aliphatic carbocycles. The van der Waals surface area contributed by atoms with Gasteiger partial charge in [0, 0.05) is 18.1 Å². The molecule has 1 fully saturated rings. The number of sulfonamides is 1. The molecule has 2 heterocycles. The molecular weight excluding hydrogens is 389 g/mol. The molecule has 28 heavy (non-hydrogen) atoms. The van der Waals surface area contributed by atoms with Crippen LogP contribution in [0.2, 0.25) is 0 Å². The highest BCUT2D eigenvalue weighted by Crippen LogP contribution is 2.45. The van der Waals surface area contributed by atoms with Gasteiger partial charge in [0.05, 0.1) is 18.9 Å². The van der Waals surface area contributed by atoms with E-state index in [0.29, 0.717) is 6.61 Å². The molecule has 0 radical (unpaired) electrons. The highest BCUT2D eigenvalue weighted by molar-refractivity contribution is 7.92. The molecule has 148 valence electrons. The molecule has 4 rings (SSSR count). The molecule has 0 saturated carbocycles. The predicted octanol–water partition coefficient (Wildman–Crippen LogP) is 2.68. The summed E-state index contributed by atoms with van der Waals surface area (Å²) in [5, 5.41) is 0. The molecule has 2 unspecified atom stereocenters. The lowest BCUT2D eigenvalue weighted by atomic mass is 9.88. The summed E-state index contributed by atoms with van der Waals surface area (Å²) >= 11 is 0. The van der Waals surface area contributed by atoms with Crippen molar-refractivity contribution in [1.82, 2.24) is 0 Å². The Morgan fingerprint density at radius 2 is 2.04 bits per heavy atom. The Morgan fingerprint density at radius 3 is 2.79 bits per heavy atom. The number of halogens is 1. The van der Waals surface area contributed by atoms with Gasteiger partial charge in [0.25, 0.3) is 10.0 Å². The fraction of sp³-hybridized carbons (Fsp3) is 0.316. The molecule has 0 amide bonds. The maximum absolute atomic E-state index is 14.0. The van der Waals surface area contributed by atoms with Crippen LogP contribution in [0.15, 0.2) is 41.3 Å². The van der Waals surface area contributed by atoms with Crippen LogP contribution >= 0.6 is 0 Å². The van der Waals surface area contributed by atoms with Crippen molar-refractivity contribution in [3.8, 4) is 5.75 Å². The molecule has 1 saturated heterocycles. The molecular formula is C19H18FNO6S. The number of nitrogens with one attached hydrogen (secondary N) is 1. The molecule has 2 aromatic rings. The third-order valence-corrected chi connectivity index (χ3v) is 6.35. The number of methoxy groups -OCH3 is 1. The Bertz CT molecular complexity index is 1040. The van der Waals surface area contributed by atoms with E-state index in [4.69, 9.17) is 14.2 Å². The lowest BCUT2D eigenvalue weighted by molar-refractivity contribution is 0.0469. The first kappa shape index (κ1) is 18.7. The van der Waals surface area contributed by atoms with Crippen LogP contribution in [0.5, 0.6) is 5.75 Å². The number of carbonyl (C=O) groups excluding carboxylic acids is 1. The molecule has 0 aromatic heterocycles. The second kappa shape index (κ2) is 7.06. The minimum absolute atomic E-state index is 0.0359. The van der Waals surface area contributed by atoms with E-state index in [2.05, 4.69) is 4.72 Å². The van der Waals surface area contributed by atoms with Crippen LogP contribution in [0, 0.1) is 5.82 Å². The van der Waals surface area contributed by atoms with E-state index < -0.39 is 26.7 Å².